The highest BCUT2D eigenvalue weighted by Gasteiger charge is 2.04. The van der Waals surface area contributed by atoms with Crippen molar-refractivity contribution < 1.29 is 9.47 Å². The second kappa shape index (κ2) is 7.93. The molecule has 0 amide bonds. The Morgan fingerprint density at radius 3 is 2.88 bits per heavy atom. The van der Waals surface area contributed by atoms with Gasteiger partial charge in [0.2, 0.25) is 0 Å². The lowest BCUT2D eigenvalue weighted by molar-refractivity contribution is 0.259. The lowest BCUT2D eigenvalue weighted by Gasteiger charge is -2.10. The minimum Gasteiger partial charge on any atom is -0.488 e. The minimum absolute atomic E-state index is 0.578. The molecule has 0 saturated heterocycles. The molecular formula is C12H20N2O2. The third kappa shape index (κ3) is 4.49. The zero-order valence-corrected chi connectivity index (χ0v) is 10.0. The van der Waals surface area contributed by atoms with Gasteiger partial charge in [0.1, 0.15) is 6.61 Å². The van der Waals surface area contributed by atoms with Crippen LogP contribution in [0.2, 0.25) is 0 Å². The number of pyridine rings is 1. The van der Waals surface area contributed by atoms with Gasteiger partial charge in [-0.25, -0.2) is 4.98 Å². The topological polar surface area (TPSA) is 43.4 Å². The smallest absolute Gasteiger partial charge is 0.257 e. The lowest BCUT2D eigenvalue weighted by atomic mass is 10.4. The molecule has 1 aromatic rings. The molecule has 1 rings (SSSR count). The first-order chi connectivity index (χ1) is 7.88. The molecule has 1 N–H and O–H groups in total. The zero-order chi connectivity index (χ0) is 11.6. The molecule has 0 atom stereocenters. The van der Waals surface area contributed by atoms with Gasteiger partial charge >= 0.3 is 0 Å². The summed E-state index contributed by atoms with van der Waals surface area (Å²) in [6.45, 7) is 7.20. The molecule has 0 saturated carbocycles. The maximum atomic E-state index is 5.54. The van der Waals surface area contributed by atoms with Crippen molar-refractivity contribution in [2.24, 2.45) is 0 Å². The van der Waals surface area contributed by atoms with Crippen LogP contribution in [0.1, 0.15) is 20.3 Å². The summed E-state index contributed by atoms with van der Waals surface area (Å²) in [6, 6.07) is 3.73. The SMILES string of the molecule is CCCOc1cccnc1OCCNCC. The summed E-state index contributed by atoms with van der Waals surface area (Å²) >= 11 is 0. The Hall–Kier alpha value is -1.29. The summed E-state index contributed by atoms with van der Waals surface area (Å²) in [5.74, 6) is 1.30. The maximum Gasteiger partial charge on any atom is 0.257 e. The van der Waals surface area contributed by atoms with E-state index in [1.807, 2.05) is 12.1 Å². The third-order valence-corrected chi connectivity index (χ3v) is 1.97. The average molecular weight is 224 g/mol. The van der Waals surface area contributed by atoms with Gasteiger partial charge in [-0.05, 0) is 25.1 Å². The van der Waals surface area contributed by atoms with E-state index in [0.29, 0.717) is 19.1 Å². The maximum absolute atomic E-state index is 5.54. The number of likely N-dealkylation sites (N-methyl/N-ethyl adjacent to an activating group) is 1. The van der Waals surface area contributed by atoms with E-state index in [0.717, 1.165) is 25.3 Å². The van der Waals surface area contributed by atoms with E-state index >= 15 is 0 Å². The molecule has 0 bridgehead atoms. The van der Waals surface area contributed by atoms with E-state index in [4.69, 9.17) is 9.47 Å². The molecule has 0 spiro atoms. The van der Waals surface area contributed by atoms with Gasteiger partial charge in [0.15, 0.2) is 5.75 Å². The van der Waals surface area contributed by atoms with Gasteiger partial charge in [0, 0.05) is 12.7 Å². The number of nitrogens with zero attached hydrogens (tertiary/aromatic N) is 1. The predicted octanol–water partition coefficient (Wildman–Crippen LogP) is 1.86. The highest BCUT2D eigenvalue weighted by Crippen LogP contribution is 2.23. The van der Waals surface area contributed by atoms with Crippen molar-refractivity contribution in [3.8, 4) is 11.6 Å². The monoisotopic (exact) mass is 224 g/mol. The van der Waals surface area contributed by atoms with Crippen LogP contribution in [0.3, 0.4) is 0 Å². The number of ether oxygens (including phenoxy) is 2. The van der Waals surface area contributed by atoms with Gasteiger partial charge in [-0.15, -0.1) is 0 Å². The molecular weight excluding hydrogens is 204 g/mol. The Bertz CT molecular complexity index is 292. The molecule has 0 fully saturated rings. The van der Waals surface area contributed by atoms with Crippen molar-refractivity contribution in [1.29, 1.82) is 0 Å². The molecule has 1 heterocycles. The largest absolute Gasteiger partial charge is 0.488 e. The molecule has 0 aliphatic heterocycles. The fourth-order valence-corrected chi connectivity index (χ4v) is 1.20. The van der Waals surface area contributed by atoms with E-state index in [1.165, 1.54) is 0 Å². The number of hydrogen-bond acceptors (Lipinski definition) is 4. The first kappa shape index (κ1) is 12.8. The third-order valence-electron chi connectivity index (χ3n) is 1.97. The van der Waals surface area contributed by atoms with Crippen LogP contribution in [0.25, 0.3) is 0 Å². The van der Waals surface area contributed by atoms with Crippen molar-refractivity contribution in [2.75, 3.05) is 26.3 Å². The second-order valence-corrected chi connectivity index (χ2v) is 3.36. The molecule has 0 aromatic carbocycles. The fourth-order valence-electron chi connectivity index (χ4n) is 1.20. The van der Waals surface area contributed by atoms with E-state index in [-0.39, 0.29) is 0 Å². The summed E-state index contributed by atoms with van der Waals surface area (Å²) < 4.78 is 11.1. The zero-order valence-electron chi connectivity index (χ0n) is 10.0. The molecule has 4 nitrogen and oxygen atoms in total. The predicted molar refractivity (Wildman–Crippen MR) is 64.1 cm³/mol. The van der Waals surface area contributed by atoms with Crippen LogP contribution in [-0.2, 0) is 0 Å². The number of rotatable bonds is 8. The van der Waals surface area contributed by atoms with Crippen molar-refractivity contribution >= 4 is 0 Å². The van der Waals surface area contributed by atoms with Gasteiger partial charge in [-0.1, -0.05) is 13.8 Å². The van der Waals surface area contributed by atoms with Gasteiger partial charge in [-0.2, -0.15) is 0 Å². The first-order valence-electron chi connectivity index (χ1n) is 5.79. The van der Waals surface area contributed by atoms with Gasteiger partial charge in [0.25, 0.3) is 5.88 Å². The lowest BCUT2D eigenvalue weighted by Crippen LogP contribution is -2.20. The Balaban J connectivity index is 2.43. The first-order valence-corrected chi connectivity index (χ1v) is 5.79. The van der Waals surface area contributed by atoms with Crippen molar-refractivity contribution in [3.05, 3.63) is 18.3 Å². The Morgan fingerprint density at radius 1 is 1.25 bits per heavy atom. The fraction of sp³-hybridized carbons (Fsp3) is 0.583. The van der Waals surface area contributed by atoms with E-state index in [9.17, 15) is 0 Å². The summed E-state index contributed by atoms with van der Waals surface area (Å²) in [7, 11) is 0. The average Bonchev–Trinajstić information content (AvgIpc) is 2.33. The quantitative estimate of drug-likeness (QED) is 0.684. The van der Waals surface area contributed by atoms with Crippen molar-refractivity contribution in [3.63, 3.8) is 0 Å². The van der Waals surface area contributed by atoms with Crippen molar-refractivity contribution in [2.45, 2.75) is 20.3 Å². The van der Waals surface area contributed by atoms with Crippen LogP contribution in [0.4, 0.5) is 0 Å². The van der Waals surface area contributed by atoms with E-state index < -0.39 is 0 Å². The van der Waals surface area contributed by atoms with Crippen LogP contribution in [0, 0.1) is 0 Å². The number of nitrogens with one attached hydrogen (secondary N) is 1. The van der Waals surface area contributed by atoms with Gasteiger partial charge in [0.05, 0.1) is 6.61 Å². The summed E-state index contributed by atoms with van der Waals surface area (Å²) in [4.78, 5) is 4.15. The molecule has 0 aliphatic rings. The molecule has 16 heavy (non-hydrogen) atoms. The van der Waals surface area contributed by atoms with Crippen LogP contribution >= 0.6 is 0 Å². The van der Waals surface area contributed by atoms with Crippen LogP contribution in [0.15, 0.2) is 18.3 Å². The second-order valence-electron chi connectivity index (χ2n) is 3.36. The molecule has 0 aliphatic carbocycles. The normalized spacial score (nSPS) is 10.1. The molecule has 0 radical (unpaired) electrons. The van der Waals surface area contributed by atoms with E-state index in [2.05, 4.69) is 24.1 Å². The molecule has 1 aromatic heterocycles. The van der Waals surface area contributed by atoms with Crippen LogP contribution < -0.4 is 14.8 Å². The Kier molecular flexibility index (Phi) is 6.33. The molecule has 0 unspecified atom stereocenters. The van der Waals surface area contributed by atoms with Gasteiger partial charge < -0.3 is 14.8 Å². The van der Waals surface area contributed by atoms with Crippen molar-refractivity contribution in [1.82, 2.24) is 10.3 Å². The Labute approximate surface area is 97.0 Å². The van der Waals surface area contributed by atoms with Gasteiger partial charge in [-0.3, -0.25) is 0 Å². The van der Waals surface area contributed by atoms with E-state index in [1.54, 1.807) is 6.20 Å². The van der Waals surface area contributed by atoms with Crippen LogP contribution in [-0.4, -0.2) is 31.3 Å². The highest BCUT2D eigenvalue weighted by atomic mass is 16.5. The standard InChI is InChI=1S/C12H20N2O2/c1-3-9-15-11-6-5-7-14-12(11)16-10-8-13-4-2/h5-7,13H,3-4,8-10H2,1-2H3. The number of aromatic nitrogens is 1. The van der Waals surface area contributed by atoms with Crippen LogP contribution in [0.5, 0.6) is 11.6 Å². The summed E-state index contributed by atoms with van der Waals surface area (Å²) in [5.41, 5.74) is 0. The molecule has 90 valence electrons. The highest BCUT2D eigenvalue weighted by molar-refractivity contribution is 5.32. The molecule has 4 heteroatoms. The summed E-state index contributed by atoms with van der Waals surface area (Å²) in [5, 5.41) is 3.19. The minimum atomic E-state index is 0.578. The number of hydrogen-bond donors (Lipinski definition) is 1. The summed E-state index contributed by atoms with van der Waals surface area (Å²) in [6.07, 6.45) is 2.69. The Morgan fingerprint density at radius 2 is 2.12 bits per heavy atom.